The molecule has 0 N–H and O–H groups in total. The molecule has 7 rings (SSSR count). The molecule has 3 nitrogen and oxygen atoms in total. The van der Waals surface area contributed by atoms with Gasteiger partial charge in [-0.1, -0.05) is 18.2 Å². The van der Waals surface area contributed by atoms with E-state index in [9.17, 15) is 0 Å². The zero-order valence-electron chi connectivity index (χ0n) is 21.2. The highest BCUT2D eigenvalue weighted by molar-refractivity contribution is 5.96. The summed E-state index contributed by atoms with van der Waals surface area (Å²) in [7, 11) is 5.27. The fourth-order valence-electron chi connectivity index (χ4n) is 6.87. The zero-order chi connectivity index (χ0) is 24.4. The number of aryl methyl sites for hydroxylation is 3. The van der Waals surface area contributed by atoms with E-state index in [2.05, 4.69) is 54.6 Å². The van der Waals surface area contributed by atoms with Crippen LogP contribution in [-0.2, 0) is 38.5 Å². The summed E-state index contributed by atoms with van der Waals surface area (Å²) in [6, 6.07) is 20.0. The van der Waals surface area contributed by atoms with Gasteiger partial charge in [0.15, 0.2) is 0 Å². The van der Waals surface area contributed by atoms with Gasteiger partial charge in [-0.25, -0.2) is 0 Å². The number of hydrogen-bond acceptors (Lipinski definition) is 3. The van der Waals surface area contributed by atoms with E-state index in [0.717, 1.165) is 55.8 Å². The molecule has 0 unspecified atom stereocenters. The van der Waals surface area contributed by atoms with Gasteiger partial charge in [-0.05, 0) is 142 Å². The standard InChI is InChI=1S/C33H30O3/c1-34-22-7-13-25-19(16-22)4-10-28-31(25)29-11-5-20-17-24(36-3)9-15-27(20)33(29)30-12-6-21-18-23(35-2)8-14-26(21)32(28)30/h7-9,13-18H,4-6,10-12H2,1-3H3. The van der Waals surface area contributed by atoms with Crippen molar-refractivity contribution in [2.75, 3.05) is 21.3 Å². The number of methoxy groups -OCH3 is 3. The normalized spacial score (nSPS) is 14.4. The van der Waals surface area contributed by atoms with Gasteiger partial charge >= 0.3 is 0 Å². The Balaban J connectivity index is 1.57. The minimum absolute atomic E-state index is 0.943. The van der Waals surface area contributed by atoms with Gasteiger partial charge in [0.1, 0.15) is 17.2 Å². The van der Waals surface area contributed by atoms with Crippen LogP contribution in [0.1, 0.15) is 33.4 Å². The van der Waals surface area contributed by atoms with Crippen molar-refractivity contribution >= 4 is 0 Å². The fourth-order valence-corrected chi connectivity index (χ4v) is 6.87. The van der Waals surface area contributed by atoms with E-state index in [1.54, 1.807) is 21.3 Å². The molecule has 0 bridgehead atoms. The molecule has 3 aliphatic rings. The Kier molecular flexibility index (Phi) is 4.89. The van der Waals surface area contributed by atoms with Gasteiger partial charge in [0.2, 0.25) is 0 Å². The second kappa shape index (κ2) is 8.16. The minimum Gasteiger partial charge on any atom is -0.497 e. The monoisotopic (exact) mass is 474 g/mol. The lowest BCUT2D eigenvalue weighted by atomic mass is 9.68. The number of benzene rings is 4. The van der Waals surface area contributed by atoms with Gasteiger partial charge in [-0.15, -0.1) is 0 Å². The molecule has 180 valence electrons. The Hall–Kier alpha value is -3.72. The molecule has 36 heavy (non-hydrogen) atoms. The highest BCUT2D eigenvalue weighted by Crippen LogP contribution is 2.53. The Morgan fingerprint density at radius 1 is 0.417 bits per heavy atom. The van der Waals surface area contributed by atoms with E-state index in [1.165, 1.54) is 66.8 Å². The molecular formula is C33H30O3. The summed E-state index contributed by atoms with van der Waals surface area (Å²) in [6.07, 6.45) is 6.32. The lowest BCUT2D eigenvalue weighted by Crippen LogP contribution is -2.18. The first-order valence-corrected chi connectivity index (χ1v) is 12.9. The Morgan fingerprint density at radius 2 is 0.722 bits per heavy atom. The lowest BCUT2D eigenvalue weighted by Gasteiger charge is -2.36. The van der Waals surface area contributed by atoms with E-state index in [1.807, 2.05) is 0 Å². The summed E-state index contributed by atoms with van der Waals surface area (Å²) in [5, 5.41) is 0. The molecule has 4 aromatic rings. The molecule has 0 heterocycles. The maximum Gasteiger partial charge on any atom is 0.119 e. The molecule has 0 spiro atoms. The molecular weight excluding hydrogens is 444 g/mol. The van der Waals surface area contributed by atoms with E-state index >= 15 is 0 Å². The third-order valence-electron chi connectivity index (χ3n) is 8.49. The van der Waals surface area contributed by atoms with Crippen molar-refractivity contribution in [2.24, 2.45) is 0 Å². The predicted octanol–water partition coefficient (Wildman–Crippen LogP) is 7.01. The number of hydrogen-bond donors (Lipinski definition) is 0. The van der Waals surface area contributed by atoms with Crippen LogP contribution in [0.25, 0.3) is 33.4 Å². The molecule has 3 heteroatoms. The Morgan fingerprint density at radius 3 is 1.00 bits per heavy atom. The summed E-state index contributed by atoms with van der Waals surface area (Å²) >= 11 is 0. The van der Waals surface area contributed by atoms with Crippen molar-refractivity contribution in [1.82, 2.24) is 0 Å². The first-order valence-electron chi connectivity index (χ1n) is 12.9. The first kappa shape index (κ1) is 21.6. The second-order valence-corrected chi connectivity index (χ2v) is 10.1. The average molecular weight is 475 g/mol. The molecule has 3 aliphatic carbocycles. The average Bonchev–Trinajstić information content (AvgIpc) is 2.94. The third-order valence-corrected chi connectivity index (χ3v) is 8.49. The smallest absolute Gasteiger partial charge is 0.119 e. The van der Waals surface area contributed by atoms with Crippen LogP contribution < -0.4 is 14.2 Å². The highest BCUT2D eigenvalue weighted by atomic mass is 16.5. The topological polar surface area (TPSA) is 27.7 Å². The van der Waals surface area contributed by atoms with Crippen LogP contribution in [-0.4, -0.2) is 21.3 Å². The van der Waals surface area contributed by atoms with Crippen molar-refractivity contribution in [2.45, 2.75) is 38.5 Å². The minimum atomic E-state index is 0.943. The van der Waals surface area contributed by atoms with Crippen molar-refractivity contribution in [3.05, 3.63) is 88.0 Å². The summed E-state index contributed by atoms with van der Waals surface area (Å²) < 4.78 is 16.8. The lowest BCUT2D eigenvalue weighted by molar-refractivity contribution is 0.414. The van der Waals surface area contributed by atoms with Crippen LogP contribution in [0.5, 0.6) is 17.2 Å². The van der Waals surface area contributed by atoms with E-state index in [0.29, 0.717) is 0 Å². The van der Waals surface area contributed by atoms with Gasteiger partial charge < -0.3 is 14.2 Å². The maximum atomic E-state index is 5.58. The third kappa shape index (κ3) is 3.05. The van der Waals surface area contributed by atoms with Crippen LogP contribution >= 0.6 is 0 Å². The maximum absolute atomic E-state index is 5.58. The van der Waals surface area contributed by atoms with E-state index in [4.69, 9.17) is 14.2 Å². The number of rotatable bonds is 3. The SMILES string of the molecule is COc1ccc2c(c1)CCc1c-2c2c(c3c1-c1ccc(OC)cc1CC3)-c1ccc(OC)cc1CC2. The number of ether oxygens (including phenoxy) is 3. The summed E-state index contributed by atoms with van der Waals surface area (Å²) in [5.41, 5.74) is 17.4. The molecule has 0 fully saturated rings. The summed E-state index contributed by atoms with van der Waals surface area (Å²) in [5.74, 6) is 2.83. The van der Waals surface area contributed by atoms with Crippen LogP contribution in [0.15, 0.2) is 54.6 Å². The van der Waals surface area contributed by atoms with Gasteiger partial charge in [0, 0.05) is 0 Å². The molecule has 0 aliphatic heterocycles. The fraction of sp³-hybridized carbons (Fsp3) is 0.273. The number of fused-ring (bicyclic) bond motifs is 12. The highest BCUT2D eigenvalue weighted by Gasteiger charge is 2.34. The van der Waals surface area contributed by atoms with Gasteiger partial charge in [0.25, 0.3) is 0 Å². The van der Waals surface area contributed by atoms with Gasteiger partial charge in [-0.3, -0.25) is 0 Å². The van der Waals surface area contributed by atoms with E-state index < -0.39 is 0 Å². The summed E-state index contributed by atoms with van der Waals surface area (Å²) in [6.45, 7) is 0. The van der Waals surface area contributed by atoms with Crippen molar-refractivity contribution in [3.8, 4) is 50.6 Å². The largest absolute Gasteiger partial charge is 0.497 e. The first-order chi connectivity index (χ1) is 17.7. The molecule has 0 saturated heterocycles. The summed E-state index contributed by atoms with van der Waals surface area (Å²) in [4.78, 5) is 0. The molecule has 0 radical (unpaired) electrons. The van der Waals surface area contributed by atoms with Crippen LogP contribution in [0.2, 0.25) is 0 Å². The van der Waals surface area contributed by atoms with Crippen molar-refractivity contribution in [1.29, 1.82) is 0 Å². The van der Waals surface area contributed by atoms with E-state index in [-0.39, 0.29) is 0 Å². The Labute approximate surface area is 212 Å². The molecule has 0 amide bonds. The van der Waals surface area contributed by atoms with Gasteiger partial charge in [0.05, 0.1) is 21.3 Å². The Bertz CT molecular complexity index is 1340. The molecule has 0 aromatic heterocycles. The van der Waals surface area contributed by atoms with Crippen LogP contribution in [0.4, 0.5) is 0 Å². The van der Waals surface area contributed by atoms with Crippen molar-refractivity contribution < 1.29 is 14.2 Å². The predicted molar refractivity (Wildman–Crippen MR) is 145 cm³/mol. The zero-order valence-corrected chi connectivity index (χ0v) is 21.2. The second-order valence-electron chi connectivity index (χ2n) is 10.1. The van der Waals surface area contributed by atoms with Crippen LogP contribution in [0, 0.1) is 0 Å². The van der Waals surface area contributed by atoms with Crippen molar-refractivity contribution in [3.63, 3.8) is 0 Å². The molecule has 0 atom stereocenters. The van der Waals surface area contributed by atoms with Gasteiger partial charge in [-0.2, -0.15) is 0 Å². The van der Waals surface area contributed by atoms with Crippen LogP contribution in [0.3, 0.4) is 0 Å². The molecule has 4 aromatic carbocycles. The quantitative estimate of drug-likeness (QED) is 0.320. The molecule has 0 saturated carbocycles.